The summed E-state index contributed by atoms with van der Waals surface area (Å²) in [5, 5.41) is 9.45. The second-order valence-corrected chi connectivity index (χ2v) is 7.24. The molecule has 3 unspecified atom stereocenters. The Labute approximate surface area is 173 Å². The van der Waals surface area contributed by atoms with Gasteiger partial charge in [0.2, 0.25) is 5.91 Å². The number of halogens is 1. The molecule has 6 nitrogen and oxygen atoms in total. The molecule has 0 bridgehead atoms. The molecule has 3 atom stereocenters. The van der Waals surface area contributed by atoms with Crippen molar-refractivity contribution in [3.8, 4) is 0 Å². The first-order chi connectivity index (χ1) is 12.2. The number of carbonyl (C=O) groups is 1. The number of furan rings is 1. The van der Waals surface area contributed by atoms with Crippen molar-refractivity contribution in [2.24, 2.45) is 16.8 Å². The number of fused-ring (bicyclic) bond motifs is 1. The van der Waals surface area contributed by atoms with Gasteiger partial charge < -0.3 is 20.4 Å². The van der Waals surface area contributed by atoms with Gasteiger partial charge in [-0.1, -0.05) is 25.7 Å². The molecule has 3 rings (SSSR count). The van der Waals surface area contributed by atoms with Gasteiger partial charge in [-0.3, -0.25) is 9.79 Å². The number of aliphatic imine (C=N–C) groups is 1. The molecule has 2 aliphatic carbocycles. The van der Waals surface area contributed by atoms with Crippen molar-refractivity contribution < 1.29 is 9.21 Å². The highest BCUT2D eigenvalue weighted by molar-refractivity contribution is 14.0. The third kappa shape index (κ3) is 6.17. The van der Waals surface area contributed by atoms with E-state index < -0.39 is 0 Å². The molecule has 0 spiro atoms. The largest absolute Gasteiger partial charge is 0.467 e. The van der Waals surface area contributed by atoms with Gasteiger partial charge in [0.15, 0.2) is 5.96 Å². The molecule has 1 heterocycles. The second-order valence-electron chi connectivity index (χ2n) is 7.24. The fourth-order valence-electron chi connectivity index (χ4n) is 4.22. The minimum absolute atomic E-state index is 0. The number of hydrogen-bond acceptors (Lipinski definition) is 3. The maximum atomic E-state index is 11.9. The van der Waals surface area contributed by atoms with Crippen LogP contribution in [0, 0.1) is 11.8 Å². The zero-order chi connectivity index (χ0) is 17.5. The summed E-state index contributed by atoms with van der Waals surface area (Å²) >= 11 is 0. The van der Waals surface area contributed by atoms with E-state index >= 15 is 0 Å². The molecule has 7 heteroatoms. The van der Waals surface area contributed by atoms with Crippen molar-refractivity contribution in [2.45, 2.75) is 57.5 Å². The van der Waals surface area contributed by atoms with Crippen LogP contribution in [-0.4, -0.2) is 31.5 Å². The smallest absolute Gasteiger partial charge is 0.239 e. The number of hydrogen-bond donors (Lipinski definition) is 3. The van der Waals surface area contributed by atoms with E-state index in [0.29, 0.717) is 18.5 Å². The summed E-state index contributed by atoms with van der Waals surface area (Å²) in [6, 6.07) is 4.12. The fourth-order valence-corrected chi connectivity index (χ4v) is 4.22. The molecule has 1 amide bonds. The lowest BCUT2D eigenvalue weighted by molar-refractivity contribution is -0.120. The Balaban J connectivity index is 0.00000243. The molecule has 0 aromatic carbocycles. The Kier molecular flexibility index (Phi) is 8.74. The monoisotopic (exact) mass is 474 g/mol. The number of amides is 1. The molecule has 3 N–H and O–H groups in total. The highest BCUT2D eigenvalue weighted by Gasteiger charge is 2.32. The van der Waals surface area contributed by atoms with E-state index in [1.165, 1.54) is 44.9 Å². The van der Waals surface area contributed by atoms with Crippen molar-refractivity contribution in [3.63, 3.8) is 0 Å². The molecular weight excluding hydrogens is 443 g/mol. The van der Waals surface area contributed by atoms with Gasteiger partial charge >= 0.3 is 0 Å². The first-order valence-electron chi connectivity index (χ1n) is 9.51. The van der Waals surface area contributed by atoms with Crippen molar-refractivity contribution in [3.05, 3.63) is 24.2 Å². The Morgan fingerprint density at radius 2 is 2.00 bits per heavy atom. The molecule has 2 fully saturated rings. The quantitative estimate of drug-likeness (QED) is 0.348. The summed E-state index contributed by atoms with van der Waals surface area (Å²) in [5.41, 5.74) is 0. The molecule has 0 saturated heterocycles. The zero-order valence-corrected chi connectivity index (χ0v) is 17.8. The number of guanidine groups is 1. The SMILES string of the molecule is CN=C(NCC(=O)NCc1ccco1)NC1CCC2CCCCC2C1.I. The van der Waals surface area contributed by atoms with E-state index in [1.807, 2.05) is 12.1 Å². The standard InChI is InChI=1S/C19H30N4O2.HI/c1-20-19(22-13-18(24)21-12-17-7-4-10-25-17)23-16-9-8-14-5-2-3-6-15(14)11-16;/h4,7,10,14-16H,2-3,5-6,8-9,11-13H2,1H3,(H,21,24)(H2,20,22,23);1H. The molecule has 1 aromatic rings. The van der Waals surface area contributed by atoms with E-state index in [2.05, 4.69) is 20.9 Å². The summed E-state index contributed by atoms with van der Waals surface area (Å²) in [5.74, 6) is 3.20. The minimum atomic E-state index is -0.0738. The summed E-state index contributed by atoms with van der Waals surface area (Å²) in [6.07, 6.45) is 11.0. The van der Waals surface area contributed by atoms with Crippen molar-refractivity contribution >= 4 is 35.8 Å². The molecule has 0 radical (unpaired) electrons. The van der Waals surface area contributed by atoms with E-state index in [1.54, 1.807) is 13.3 Å². The number of nitrogens with one attached hydrogen (secondary N) is 3. The number of nitrogens with zero attached hydrogens (tertiary/aromatic N) is 1. The third-order valence-electron chi connectivity index (χ3n) is 5.56. The van der Waals surface area contributed by atoms with Gasteiger partial charge in [-0.05, 0) is 43.2 Å². The molecule has 2 saturated carbocycles. The summed E-state index contributed by atoms with van der Waals surface area (Å²) in [6.45, 7) is 0.615. The molecule has 26 heavy (non-hydrogen) atoms. The molecule has 146 valence electrons. The van der Waals surface area contributed by atoms with Gasteiger partial charge in [0.1, 0.15) is 5.76 Å². The maximum Gasteiger partial charge on any atom is 0.239 e. The van der Waals surface area contributed by atoms with Crippen LogP contribution >= 0.6 is 24.0 Å². The van der Waals surface area contributed by atoms with E-state index in [0.717, 1.165) is 17.6 Å². The zero-order valence-electron chi connectivity index (χ0n) is 15.5. The normalized spacial score (nSPS) is 25.6. The van der Waals surface area contributed by atoms with E-state index in [-0.39, 0.29) is 36.4 Å². The van der Waals surface area contributed by atoms with Crippen LogP contribution in [0.15, 0.2) is 27.8 Å². The average molecular weight is 474 g/mol. The lowest BCUT2D eigenvalue weighted by Gasteiger charge is -2.39. The average Bonchev–Trinajstić information content (AvgIpc) is 3.17. The van der Waals surface area contributed by atoms with Crippen LogP contribution < -0.4 is 16.0 Å². The lowest BCUT2D eigenvalue weighted by Crippen LogP contribution is -2.49. The van der Waals surface area contributed by atoms with Crippen molar-refractivity contribution in [1.82, 2.24) is 16.0 Å². The minimum Gasteiger partial charge on any atom is -0.467 e. The van der Waals surface area contributed by atoms with Gasteiger partial charge in [0.25, 0.3) is 0 Å². The molecule has 1 aromatic heterocycles. The first kappa shape index (κ1) is 21.1. The van der Waals surface area contributed by atoms with Crippen LogP contribution in [0.2, 0.25) is 0 Å². The number of carbonyl (C=O) groups excluding carboxylic acids is 1. The Morgan fingerprint density at radius 3 is 2.73 bits per heavy atom. The van der Waals surface area contributed by atoms with Gasteiger partial charge in [0, 0.05) is 13.1 Å². The topological polar surface area (TPSA) is 78.7 Å². The predicted molar refractivity (Wildman–Crippen MR) is 114 cm³/mol. The lowest BCUT2D eigenvalue weighted by atomic mass is 9.69. The fraction of sp³-hybridized carbons (Fsp3) is 0.684. The van der Waals surface area contributed by atoms with Crippen molar-refractivity contribution in [2.75, 3.05) is 13.6 Å². The third-order valence-corrected chi connectivity index (χ3v) is 5.56. The van der Waals surface area contributed by atoms with Gasteiger partial charge in [-0.15, -0.1) is 24.0 Å². The van der Waals surface area contributed by atoms with Crippen LogP contribution in [0.4, 0.5) is 0 Å². The van der Waals surface area contributed by atoms with E-state index in [4.69, 9.17) is 4.42 Å². The van der Waals surface area contributed by atoms with Crippen LogP contribution in [0.25, 0.3) is 0 Å². The maximum absolute atomic E-state index is 11.9. The molecule has 0 aliphatic heterocycles. The molecule has 2 aliphatic rings. The Bertz CT molecular complexity index is 576. The van der Waals surface area contributed by atoms with Gasteiger partial charge in [0.05, 0.1) is 19.4 Å². The van der Waals surface area contributed by atoms with Crippen LogP contribution in [0.5, 0.6) is 0 Å². The summed E-state index contributed by atoms with van der Waals surface area (Å²) < 4.78 is 5.20. The van der Waals surface area contributed by atoms with E-state index in [9.17, 15) is 4.79 Å². The predicted octanol–water partition coefficient (Wildman–Crippen LogP) is 3.04. The van der Waals surface area contributed by atoms with Crippen LogP contribution in [0.1, 0.15) is 50.7 Å². The summed E-state index contributed by atoms with van der Waals surface area (Å²) in [7, 11) is 1.75. The second kappa shape index (κ2) is 10.8. The Hall–Kier alpha value is -1.25. The molecular formula is C19H31IN4O2. The Morgan fingerprint density at radius 1 is 1.19 bits per heavy atom. The highest BCUT2D eigenvalue weighted by Crippen LogP contribution is 2.40. The van der Waals surface area contributed by atoms with Crippen LogP contribution in [0.3, 0.4) is 0 Å². The van der Waals surface area contributed by atoms with Crippen molar-refractivity contribution in [1.29, 1.82) is 0 Å². The van der Waals surface area contributed by atoms with Crippen LogP contribution in [-0.2, 0) is 11.3 Å². The van der Waals surface area contributed by atoms with Gasteiger partial charge in [-0.2, -0.15) is 0 Å². The number of rotatable bonds is 5. The summed E-state index contributed by atoms with van der Waals surface area (Å²) in [4.78, 5) is 16.2. The first-order valence-corrected chi connectivity index (χ1v) is 9.51. The van der Waals surface area contributed by atoms with Gasteiger partial charge in [-0.25, -0.2) is 0 Å². The highest BCUT2D eigenvalue weighted by atomic mass is 127.